The molecule has 0 saturated carbocycles. The second-order valence-corrected chi connectivity index (χ2v) is 6.99. The van der Waals surface area contributed by atoms with Crippen LogP contribution < -0.4 is 0 Å². The van der Waals surface area contributed by atoms with Gasteiger partial charge >= 0.3 is 0 Å². The zero-order chi connectivity index (χ0) is 14.8. The molecule has 0 radical (unpaired) electrons. The van der Waals surface area contributed by atoms with Crippen molar-refractivity contribution in [3.8, 4) is 0 Å². The predicted octanol–water partition coefficient (Wildman–Crippen LogP) is 2.34. The Balaban J connectivity index is 2.24. The largest absolute Gasteiger partial charge is 0.297 e. The van der Waals surface area contributed by atoms with Gasteiger partial charge in [-0.1, -0.05) is 19.1 Å². The Kier molecular flexibility index (Phi) is 4.45. The molecule has 0 unspecified atom stereocenters. The lowest BCUT2D eigenvalue weighted by atomic mass is 10.2. The van der Waals surface area contributed by atoms with Gasteiger partial charge in [0.2, 0.25) is 5.28 Å². The Hall–Kier alpha value is -1.40. The van der Waals surface area contributed by atoms with Gasteiger partial charge in [0.25, 0.3) is 0 Å². The van der Waals surface area contributed by atoms with E-state index in [-0.39, 0.29) is 0 Å². The van der Waals surface area contributed by atoms with Crippen LogP contribution in [0.1, 0.15) is 24.7 Å². The Morgan fingerprint density at radius 3 is 2.40 bits per heavy atom. The number of nitrogens with zero attached hydrogens (tertiary/aromatic N) is 3. The fourth-order valence-electron chi connectivity index (χ4n) is 1.90. The quantitative estimate of drug-likeness (QED) is 0.850. The molecular weight excluding hydrogens is 298 g/mol. The molecule has 7 heteroatoms. The Bertz CT molecular complexity index is 693. The van der Waals surface area contributed by atoms with Crippen molar-refractivity contribution in [2.24, 2.45) is 0 Å². The fraction of sp³-hybridized carbons (Fsp3) is 0.385. The smallest absolute Gasteiger partial charge is 0.225 e. The minimum Gasteiger partial charge on any atom is -0.297 e. The summed E-state index contributed by atoms with van der Waals surface area (Å²) >= 11 is 6.03. The zero-order valence-electron chi connectivity index (χ0n) is 11.4. The highest BCUT2D eigenvalue weighted by Crippen LogP contribution is 2.15. The summed E-state index contributed by atoms with van der Waals surface area (Å²) in [6, 6.07) is 6.76. The van der Waals surface area contributed by atoms with Gasteiger partial charge in [-0.3, -0.25) is 4.57 Å². The number of sulfone groups is 1. The van der Waals surface area contributed by atoms with Crippen LogP contribution in [0.25, 0.3) is 0 Å². The average molecular weight is 314 g/mol. The van der Waals surface area contributed by atoms with Crippen molar-refractivity contribution in [2.75, 3.05) is 6.26 Å². The van der Waals surface area contributed by atoms with Gasteiger partial charge in [0.1, 0.15) is 5.82 Å². The maximum absolute atomic E-state index is 11.4. The second-order valence-electron chi connectivity index (χ2n) is 4.64. The molecule has 0 aliphatic rings. The molecule has 0 bridgehead atoms. The lowest BCUT2D eigenvalue weighted by Gasteiger charge is -2.08. The van der Waals surface area contributed by atoms with Crippen molar-refractivity contribution in [3.63, 3.8) is 0 Å². The van der Waals surface area contributed by atoms with Crippen LogP contribution in [0.4, 0.5) is 0 Å². The number of hydrogen-bond acceptors (Lipinski definition) is 4. The highest BCUT2D eigenvalue weighted by Gasteiger charge is 2.11. The molecule has 108 valence electrons. The summed E-state index contributed by atoms with van der Waals surface area (Å²) in [5.74, 6) is 0.838. The summed E-state index contributed by atoms with van der Waals surface area (Å²) in [4.78, 5) is 0.310. The zero-order valence-corrected chi connectivity index (χ0v) is 12.9. The monoisotopic (exact) mass is 313 g/mol. The van der Waals surface area contributed by atoms with Gasteiger partial charge < -0.3 is 0 Å². The van der Waals surface area contributed by atoms with Crippen molar-refractivity contribution in [2.45, 2.75) is 31.2 Å². The predicted molar refractivity (Wildman–Crippen MR) is 77.7 cm³/mol. The van der Waals surface area contributed by atoms with Crippen LogP contribution in [-0.4, -0.2) is 29.4 Å². The molecule has 0 amide bonds. The van der Waals surface area contributed by atoms with Gasteiger partial charge in [0.05, 0.1) is 11.4 Å². The minimum absolute atomic E-state index is 0.310. The van der Waals surface area contributed by atoms with Crippen molar-refractivity contribution in [1.82, 2.24) is 14.8 Å². The number of halogens is 1. The van der Waals surface area contributed by atoms with Crippen LogP contribution in [0, 0.1) is 0 Å². The molecule has 0 atom stereocenters. The maximum atomic E-state index is 11.4. The van der Waals surface area contributed by atoms with E-state index < -0.39 is 9.84 Å². The molecule has 0 N–H and O–H groups in total. The van der Waals surface area contributed by atoms with E-state index >= 15 is 0 Å². The van der Waals surface area contributed by atoms with Crippen LogP contribution >= 0.6 is 11.6 Å². The van der Waals surface area contributed by atoms with Gasteiger partial charge in [0.15, 0.2) is 9.84 Å². The maximum Gasteiger partial charge on any atom is 0.225 e. The van der Waals surface area contributed by atoms with E-state index in [1.807, 2.05) is 4.57 Å². The number of rotatable bonds is 5. The number of benzene rings is 1. The molecule has 1 heterocycles. The van der Waals surface area contributed by atoms with Crippen molar-refractivity contribution in [1.29, 1.82) is 0 Å². The third kappa shape index (κ3) is 3.37. The van der Waals surface area contributed by atoms with E-state index in [0.717, 1.165) is 24.2 Å². The molecule has 1 aromatic heterocycles. The summed E-state index contributed by atoms with van der Waals surface area (Å²) in [7, 11) is -3.16. The van der Waals surface area contributed by atoms with Gasteiger partial charge in [-0.15, -0.1) is 10.2 Å². The summed E-state index contributed by atoms with van der Waals surface area (Å²) in [5.41, 5.74) is 0.955. The highest BCUT2D eigenvalue weighted by atomic mass is 35.5. The molecular formula is C13H16ClN3O2S. The summed E-state index contributed by atoms with van der Waals surface area (Å²) in [5, 5.41) is 8.26. The molecule has 2 rings (SSSR count). The van der Waals surface area contributed by atoms with Gasteiger partial charge in [-0.05, 0) is 35.7 Å². The first-order valence-electron chi connectivity index (χ1n) is 6.28. The highest BCUT2D eigenvalue weighted by molar-refractivity contribution is 7.90. The summed E-state index contributed by atoms with van der Waals surface area (Å²) < 4.78 is 24.7. The SMILES string of the molecule is CCCc1nnc(Cl)n1Cc1ccc(S(C)(=O)=O)cc1. The van der Waals surface area contributed by atoms with Crippen LogP contribution in [-0.2, 0) is 22.8 Å². The van der Waals surface area contributed by atoms with Crippen LogP contribution in [0.15, 0.2) is 29.2 Å². The van der Waals surface area contributed by atoms with Gasteiger partial charge in [-0.2, -0.15) is 0 Å². The van der Waals surface area contributed by atoms with Crippen molar-refractivity contribution < 1.29 is 8.42 Å². The van der Waals surface area contributed by atoms with Gasteiger partial charge in [0, 0.05) is 12.7 Å². The Morgan fingerprint density at radius 2 is 1.85 bits per heavy atom. The third-order valence-electron chi connectivity index (χ3n) is 2.95. The topological polar surface area (TPSA) is 64.8 Å². The van der Waals surface area contributed by atoms with E-state index in [2.05, 4.69) is 17.1 Å². The van der Waals surface area contributed by atoms with Crippen molar-refractivity contribution in [3.05, 3.63) is 40.9 Å². The van der Waals surface area contributed by atoms with Gasteiger partial charge in [-0.25, -0.2) is 8.42 Å². The molecule has 0 aliphatic heterocycles. The first-order chi connectivity index (χ1) is 9.41. The van der Waals surface area contributed by atoms with E-state index in [4.69, 9.17) is 11.6 Å². The van der Waals surface area contributed by atoms with E-state index in [1.54, 1.807) is 24.3 Å². The standard InChI is InChI=1S/C13H16ClN3O2S/c1-3-4-12-15-16-13(14)17(12)9-10-5-7-11(8-6-10)20(2,18)19/h5-8H,3-4,9H2,1-2H3. The number of aromatic nitrogens is 3. The summed E-state index contributed by atoms with van der Waals surface area (Å²) in [6.45, 7) is 2.60. The van der Waals surface area contributed by atoms with E-state index in [9.17, 15) is 8.42 Å². The lowest BCUT2D eigenvalue weighted by molar-refractivity contribution is 0.602. The molecule has 1 aromatic carbocycles. The molecule has 0 fully saturated rings. The van der Waals surface area contributed by atoms with Crippen LogP contribution in [0.3, 0.4) is 0 Å². The molecule has 20 heavy (non-hydrogen) atoms. The summed E-state index contributed by atoms with van der Waals surface area (Å²) in [6.07, 6.45) is 2.96. The molecule has 2 aromatic rings. The molecule has 0 aliphatic carbocycles. The number of hydrogen-bond donors (Lipinski definition) is 0. The fourth-order valence-corrected chi connectivity index (χ4v) is 2.73. The Morgan fingerprint density at radius 1 is 1.20 bits per heavy atom. The van der Waals surface area contributed by atoms with Crippen LogP contribution in [0.2, 0.25) is 5.28 Å². The van der Waals surface area contributed by atoms with E-state index in [1.165, 1.54) is 6.26 Å². The van der Waals surface area contributed by atoms with E-state index in [0.29, 0.717) is 16.7 Å². The average Bonchev–Trinajstić information content (AvgIpc) is 2.72. The lowest BCUT2D eigenvalue weighted by Crippen LogP contribution is -2.06. The molecule has 0 saturated heterocycles. The molecule has 0 spiro atoms. The first kappa shape index (κ1) is 15.0. The normalized spacial score (nSPS) is 11.8. The van der Waals surface area contributed by atoms with Crippen LogP contribution in [0.5, 0.6) is 0 Å². The Labute approximate surface area is 123 Å². The van der Waals surface area contributed by atoms with Crippen molar-refractivity contribution >= 4 is 21.4 Å². The first-order valence-corrected chi connectivity index (χ1v) is 8.55. The minimum atomic E-state index is -3.16. The third-order valence-corrected chi connectivity index (χ3v) is 4.36. The second kappa shape index (κ2) is 5.93. The molecule has 5 nitrogen and oxygen atoms in total. The number of aryl methyl sites for hydroxylation is 1.